The van der Waals surface area contributed by atoms with Gasteiger partial charge in [0.2, 0.25) is 0 Å². The van der Waals surface area contributed by atoms with Gasteiger partial charge in [-0.3, -0.25) is 4.21 Å². The van der Waals surface area contributed by atoms with E-state index in [0.29, 0.717) is 43.1 Å². The van der Waals surface area contributed by atoms with Crippen molar-refractivity contribution in [3.63, 3.8) is 0 Å². The first-order valence-electron chi connectivity index (χ1n) is 9.30. The van der Waals surface area contributed by atoms with Crippen LogP contribution >= 0.6 is 0 Å². The molecular weight excluding hydrogens is 487 g/mol. The van der Waals surface area contributed by atoms with Crippen LogP contribution in [0.2, 0.25) is 0 Å². The monoisotopic (exact) mass is 511 g/mol. The van der Waals surface area contributed by atoms with Gasteiger partial charge in [0.15, 0.2) is 17.2 Å². The van der Waals surface area contributed by atoms with Crippen molar-refractivity contribution >= 4 is 11.1 Å². The summed E-state index contributed by atoms with van der Waals surface area (Å²) in [5.41, 5.74) is 1.42. The minimum absolute atomic E-state index is 0. The number of hydrogen-bond donors (Lipinski definition) is 1. The molecule has 1 saturated heterocycles. The molecule has 1 aromatic heterocycles. The van der Waals surface area contributed by atoms with Gasteiger partial charge in [0, 0.05) is 44.5 Å². The van der Waals surface area contributed by atoms with Crippen LogP contribution in [0.1, 0.15) is 49.5 Å². The summed E-state index contributed by atoms with van der Waals surface area (Å²) in [6, 6.07) is 4.81. The first-order chi connectivity index (χ1) is 14.0. The summed E-state index contributed by atoms with van der Waals surface area (Å²) in [6.45, 7) is 2.21. The van der Waals surface area contributed by atoms with E-state index in [1.807, 2.05) is 13.0 Å². The van der Waals surface area contributed by atoms with Gasteiger partial charge in [0.25, 0.3) is 5.88 Å². The molecule has 0 amide bonds. The number of pyridine rings is 1. The maximum atomic E-state index is 11.7. The SMILES string of the molecule is CCCOc1c(O)cc([C@@H]2CC[C@@H](c3cnc(OC)c(OC)c3)O2)cc1S(=O)[O-].[Y]. The molecule has 3 rings (SSSR count). The molecule has 1 aromatic carbocycles. The molecule has 0 aliphatic carbocycles. The number of hydrogen-bond acceptors (Lipinski definition) is 8. The Morgan fingerprint density at radius 2 is 1.90 bits per heavy atom. The van der Waals surface area contributed by atoms with Crippen molar-refractivity contribution in [3.05, 3.63) is 35.5 Å². The third-order valence-corrected chi connectivity index (χ3v) is 5.37. The van der Waals surface area contributed by atoms with Gasteiger partial charge >= 0.3 is 0 Å². The van der Waals surface area contributed by atoms with Crippen molar-refractivity contribution in [1.29, 1.82) is 0 Å². The quantitative estimate of drug-likeness (QED) is 0.537. The normalized spacial score (nSPS) is 19.1. The van der Waals surface area contributed by atoms with Crippen LogP contribution in [-0.2, 0) is 48.5 Å². The summed E-state index contributed by atoms with van der Waals surface area (Å²) >= 11 is -2.55. The van der Waals surface area contributed by atoms with Gasteiger partial charge in [-0.15, -0.1) is 0 Å². The second-order valence-electron chi connectivity index (χ2n) is 6.62. The zero-order chi connectivity index (χ0) is 21.0. The fourth-order valence-electron chi connectivity index (χ4n) is 3.32. The zero-order valence-corrected chi connectivity index (χ0v) is 20.8. The molecule has 2 heterocycles. The first kappa shape index (κ1) is 25.0. The minimum atomic E-state index is -2.55. The van der Waals surface area contributed by atoms with E-state index in [0.717, 1.165) is 5.56 Å². The number of aromatic hydroxyl groups is 1. The maximum absolute atomic E-state index is 11.7. The summed E-state index contributed by atoms with van der Waals surface area (Å²) < 4.78 is 45.3. The molecule has 30 heavy (non-hydrogen) atoms. The van der Waals surface area contributed by atoms with Crippen LogP contribution in [0, 0.1) is 0 Å². The van der Waals surface area contributed by atoms with E-state index in [1.54, 1.807) is 6.20 Å². The first-order valence-corrected chi connectivity index (χ1v) is 10.4. The fraction of sp³-hybridized carbons (Fsp3) is 0.450. The molecule has 1 fully saturated rings. The smallest absolute Gasteiger partial charge is 0.256 e. The number of ether oxygens (including phenoxy) is 4. The molecule has 3 atom stereocenters. The molecule has 1 unspecified atom stereocenters. The Bertz CT molecular complexity index is 896. The average molecular weight is 511 g/mol. The van der Waals surface area contributed by atoms with Crippen molar-refractivity contribution in [2.75, 3.05) is 20.8 Å². The van der Waals surface area contributed by atoms with E-state index in [1.165, 1.54) is 26.4 Å². The number of phenols is 1. The topological polar surface area (TPSA) is 110 Å². The van der Waals surface area contributed by atoms with E-state index in [9.17, 15) is 13.9 Å². The van der Waals surface area contributed by atoms with Crippen LogP contribution < -0.4 is 14.2 Å². The fourth-order valence-corrected chi connectivity index (χ4v) is 3.86. The number of nitrogens with zero attached hydrogens (tertiary/aromatic N) is 1. The molecule has 1 aliphatic heterocycles. The number of aromatic nitrogens is 1. The number of methoxy groups -OCH3 is 2. The summed E-state index contributed by atoms with van der Waals surface area (Å²) in [5.74, 6) is 0.662. The summed E-state index contributed by atoms with van der Waals surface area (Å²) in [7, 11) is 3.06. The molecule has 161 valence electrons. The number of rotatable bonds is 8. The summed E-state index contributed by atoms with van der Waals surface area (Å²) in [4.78, 5) is 4.16. The van der Waals surface area contributed by atoms with E-state index in [2.05, 4.69) is 4.98 Å². The molecule has 2 aromatic rings. The van der Waals surface area contributed by atoms with E-state index < -0.39 is 11.1 Å². The van der Waals surface area contributed by atoms with Crippen LogP contribution in [0.5, 0.6) is 23.1 Å². The Balaban J connectivity index is 0.00000320. The van der Waals surface area contributed by atoms with Crippen molar-refractivity contribution in [2.24, 2.45) is 0 Å². The standard InChI is InChI=1S/C20H25NO7S.Y/c1-4-7-27-19-14(22)8-12(10-18(19)29(23)24)15-5-6-16(28-15)13-9-17(25-2)20(26-3)21-11-13;/h8-11,15-16,22H,4-7H2,1-3H3,(H,23,24);/p-1/t15-,16-;/m0./s1. The summed E-state index contributed by atoms with van der Waals surface area (Å²) in [6.07, 6.45) is 3.16. The van der Waals surface area contributed by atoms with Gasteiger partial charge in [-0.05, 0) is 54.1 Å². The molecule has 8 nitrogen and oxygen atoms in total. The van der Waals surface area contributed by atoms with Crippen molar-refractivity contribution in [3.8, 4) is 23.1 Å². The number of phenolic OH excluding ortho intramolecular Hbond substituents is 1. The Morgan fingerprint density at radius 3 is 2.50 bits per heavy atom. The summed E-state index contributed by atoms with van der Waals surface area (Å²) in [5, 5.41) is 10.3. The Labute approximate surface area is 203 Å². The largest absolute Gasteiger partial charge is 0.768 e. The molecule has 0 saturated carbocycles. The molecule has 0 bridgehead atoms. The average Bonchev–Trinajstić information content (AvgIpc) is 3.22. The second kappa shape index (κ2) is 11.4. The zero-order valence-electron chi connectivity index (χ0n) is 17.1. The van der Waals surface area contributed by atoms with E-state index in [4.69, 9.17) is 18.9 Å². The predicted octanol–water partition coefficient (Wildman–Crippen LogP) is 3.42. The van der Waals surface area contributed by atoms with Crippen molar-refractivity contribution in [2.45, 2.75) is 43.3 Å². The van der Waals surface area contributed by atoms with E-state index >= 15 is 0 Å². The molecule has 1 aliphatic rings. The van der Waals surface area contributed by atoms with Crippen molar-refractivity contribution < 1.29 is 65.5 Å². The maximum Gasteiger partial charge on any atom is 0.256 e. The van der Waals surface area contributed by atoms with Crippen molar-refractivity contribution in [1.82, 2.24) is 4.98 Å². The molecule has 1 radical (unpaired) electrons. The Hall–Kier alpha value is -1.26. The van der Waals surface area contributed by atoms with Crippen LogP contribution in [0.4, 0.5) is 0 Å². The van der Waals surface area contributed by atoms with Gasteiger partial charge in [-0.2, -0.15) is 0 Å². The van der Waals surface area contributed by atoms with Crippen LogP contribution in [-0.4, -0.2) is 39.7 Å². The van der Waals surface area contributed by atoms with Crippen LogP contribution in [0.15, 0.2) is 29.3 Å². The minimum Gasteiger partial charge on any atom is -0.768 e. The van der Waals surface area contributed by atoms with Crippen LogP contribution in [0.25, 0.3) is 0 Å². The molecule has 1 N–H and O–H groups in total. The van der Waals surface area contributed by atoms with Gasteiger partial charge in [0.1, 0.15) is 0 Å². The molecular formula is C20H24NO7SY-. The second-order valence-corrected chi connectivity index (χ2v) is 7.53. The van der Waals surface area contributed by atoms with Gasteiger partial charge in [-0.25, -0.2) is 4.98 Å². The third-order valence-electron chi connectivity index (χ3n) is 4.70. The van der Waals surface area contributed by atoms with Gasteiger partial charge in [-0.1, -0.05) is 6.92 Å². The van der Waals surface area contributed by atoms with E-state index in [-0.39, 0.29) is 61.3 Å². The molecule has 10 heteroatoms. The Kier molecular flexibility index (Phi) is 9.49. The van der Waals surface area contributed by atoms with Gasteiger partial charge in [0.05, 0.1) is 37.9 Å². The van der Waals surface area contributed by atoms with Gasteiger partial charge < -0.3 is 28.6 Å². The third kappa shape index (κ3) is 5.50. The molecule has 0 spiro atoms. The van der Waals surface area contributed by atoms with Crippen LogP contribution in [0.3, 0.4) is 0 Å². The number of benzene rings is 1. The predicted molar refractivity (Wildman–Crippen MR) is 104 cm³/mol. The Morgan fingerprint density at radius 1 is 1.20 bits per heavy atom.